The van der Waals surface area contributed by atoms with Crippen molar-refractivity contribution >= 4 is 69.5 Å². The van der Waals surface area contributed by atoms with E-state index >= 15 is 0 Å². The number of anilines is 1. The molecule has 3 aromatic rings. The van der Waals surface area contributed by atoms with Crippen LogP contribution in [0.2, 0.25) is 10.0 Å². The number of hydrogen-bond acceptors (Lipinski definition) is 3. The van der Waals surface area contributed by atoms with Crippen molar-refractivity contribution in [3.8, 4) is 5.75 Å². The monoisotopic (exact) mass is 564 g/mol. The summed E-state index contributed by atoms with van der Waals surface area (Å²) in [5, 5.41) is 3.74. The molecule has 0 aromatic heterocycles. The lowest BCUT2D eigenvalue weighted by Crippen LogP contribution is -2.30. The second-order valence-electron chi connectivity index (χ2n) is 6.68. The van der Waals surface area contributed by atoms with Crippen molar-refractivity contribution in [2.45, 2.75) is 6.61 Å². The van der Waals surface area contributed by atoms with E-state index in [1.807, 2.05) is 30.3 Å². The van der Waals surface area contributed by atoms with E-state index in [1.54, 1.807) is 42.5 Å². The number of nitrogens with zero attached hydrogens (tertiary/aromatic N) is 1. The summed E-state index contributed by atoms with van der Waals surface area (Å²) < 4.78 is 6.74. The van der Waals surface area contributed by atoms with Crippen LogP contribution in [0.4, 0.5) is 10.5 Å². The van der Waals surface area contributed by atoms with Crippen molar-refractivity contribution in [2.24, 2.45) is 0 Å². The molecule has 0 saturated carbocycles. The maximum Gasteiger partial charge on any atom is 0.333 e. The van der Waals surface area contributed by atoms with Gasteiger partial charge in [0.25, 0.3) is 5.91 Å². The van der Waals surface area contributed by atoms with E-state index < -0.39 is 11.9 Å². The maximum atomic E-state index is 12.7. The molecule has 1 heterocycles. The third-order valence-electron chi connectivity index (χ3n) is 4.56. The van der Waals surface area contributed by atoms with Gasteiger partial charge in [-0.15, -0.1) is 0 Å². The first-order valence-corrected chi connectivity index (χ1v) is 11.0. The molecule has 0 bridgehead atoms. The van der Waals surface area contributed by atoms with Crippen LogP contribution in [0.3, 0.4) is 0 Å². The molecule has 1 aliphatic heterocycles. The van der Waals surface area contributed by atoms with Crippen LogP contribution in [0.1, 0.15) is 11.1 Å². The summed E-state index contributed by atoms with van der Waals surface area (Å²) in [7, 11) is 0. The molecule has 0 aliphatic carbocycles. The van der Waals surface area contributed by atoms with Gasteiger partial charge in [-0.05, 0) is 70.6 Å². The molecule has 1 N–H and O–H groups in total. The van der Waals surface area contributed by atoms with Crippen molar-refractivity contribution < 1.29 is 14.3 Å². The number of hydrogen-bond donors (Lipinski definition) is 1. The zero-order valence-electron chi connectivity index (χ0n) is 15.9. The molecule has 0 atom stereocenters. The number of amides is 3. The van der Waals surface area contributed by atoms with Gasteiger partial charge in [0, 0.05) is 15.6 Å². The average Bonchev–Trinajstić information content (AvgIpc) is 3.02. The van der Waals surface area contributed by atoms with Crippen LogP contribution in [0.15, 0.2) is 72.4 Å². The maximum absolute atomic E-state index is 12.7. The van der Waals surface area contributed by atoms with Crippen molar-refractivity contribution in [2.75, 3.05) is 4.90 Å². The van der Waals surface area contributed by atoms with Crippen molar-refractivity contribution in [3.63, 3.8) is 0 Å². The van der Waals surface area contributed by atoms with Gasteiger partial charge in [0.05, 0.1) is 9.26 Å². The fourth-order valence-electron chi connectivity index (χ4n) is 3.03. The number of nitrogens with one attached hydrogen (secondary N) is 1. The molecule has 8 heteroatoms. The third-order valence-corrected chi connectivity index (χ3v) is 5.99. The molecule has 0 radical (unpaired) electrons. The first kappa shape index (κ1) is 21.7. The van der Waals surface area contributed by atoms with E-state index in [1.165, 1.54) is 0 Å². The molecule has 0 spiro atoms. The Bertz CT molecular complexity index is 1200. The molecule has 0 unspecified atom stereocenters. The van der Waals surface area contributed by atoms with E-state index in [0.29, 0.717) is 28.1 Å². The highest BCUT2D eigenvalue weighted by molar-refractivity contribution is 14.1. The zero-order valence-corrected chi connectivity index (χ0v) is 19.6. The Labute approximate surface area is 202 Å². The predicted octanol–water partition coefficient (Wildman–Crippen LogP) is 6.27. The summed E-state index contributed by atoms with van der Waals surface area (Å²) in [5.41, 5.74) is 2.33. The summed E-state index contributed by atoms with van der Waals surface area (Å²) >= 11 is 14.3. The number of carbonyl (C=O) groups is 2. The Hall–Kier alpha value is -2.55. The summed E-state index contributed by atoms with van der Waals surface area (Å²) in [6.45, 7) is 0.299. The van der Waals surface area contributed by atoms with Crippen molar-refractivity contribution in [1.29, 1.82) is 0 Å². The summed E-state index contributed by atoms with van der Waals surface area (Å²) in [6, 6.07) is 19.1. The number of ether oxygens (including phenoxy) is 1. The first-order chi connectivity index (χ1) is 14.9. The number of urea groups is 1. The third kappa shape index (κ3) is 4.87. The lowest BCUT2D eigenvalue weighted by molar-refractivity contribution is -0.113. The van der Waals surface area contributed by atoms with Crippen LogP contribution in [0.25, 0.3) is 6.08 Å². The average molecular weight is 565 g/mol. The number of halogens is 3. The zero-order chi connectivity index (χ0) is 22.0. The predicted molar refractivity (Wildman–Crippen MR) is 130 cm³/mol. The molecule has 5 nitrogen and oxygen atoms in total. The Morgan fingerprint density at radius 1 is 1.00 bits per heavy atom. The fourth-order valence-corrected chi connectivity index (χ4v) is 4.19. The minimum absolute atomic E-state index is 0.214. The van der Waals surface area contributed by atoms with Gasteiger partial charge in [-0.1, -0.05) is 53.5 Å². The van der Waals surface area contributed by atoms with Gasteiger partial charge in [-0.2, -0.15) is 0 Å². The summed E-state index contributed by atoms with van der Waals surface area (Å²) in [6.07, 6.45) is 1.64. The van der Waals surface area contributed by atoms with Crippen LogP contribution < -0.4 is 15.0 Å². The van der Waals surface area contributed by atoms with E-state index in [0.717, 1.165) is 19.6 Å². The highest BCUT2D eigenvalue weighted by Gasteiger charge is 2.34. The number of benzene rings is 3. The Morgan fingerprint density at radius 2 is 1.77 bits per heavy atom. The molecule has 4 rings (SSSR count). The Kier molecular flexibility index (Phi) is 6.50. The topological polar surface area (TPSA) is 58.6 Å². The standard InChI is InChI=1S/C23H15Cl2IN2O3/c24-16-8-7-15(18(25)12-16)13-31-21-9-6-14(10-19(21)26)11-20-22(29)28(23(30)27-20)17-4-2-1-3-5-17/h1-12H,13H2,(H,27,30)/b20-11+. The van der Waals surface area contributed by atoms with Gasteiger partial charge < -0.3 is 10.1 Å². The number of imide groups is 1. The van der Waals surface area contributed by atoms with Crippen LogP contribution in [0.5, 0.6) is 5.75 Å². The van der Waals surface area contributed by atoms with Crippen LogP contribution in [-0.2, 0) is 11.4 Å². The molecule has 3 aromatic carbocycles. The summed E-state index contributed by atoms with van der Waals surface area (Å²) in [4.78, 5) is 26.1. The van der Waals surface area contributed by atoms with Gasteiger partial charge in [0.2, 0.25) is 0 Å². The number of para-hydroxylation sites is 1. The lowest BCUT2D eigenvalue weighted by atomic mass is 10.1. The van der Waals surface area contributed by atoms with Crippen molar-refractivity contribution in [1.82, 2.24) is 5.32 Å². The molecule has 156 valence electrons. The lowest BCUT2D eigenvalue weighted by Gasteiger charge is -2.11. The smallest absolute Gasteiger partial charge is 0.333 e. The van der Waals surface area contributed by atoms with Gasteiger partial charge in [0.1, 0.15) is 18.1 Å². The second kappa shape index (κ2) is 9.30. The Balaban J connectivity index is 1.50. The summed E-state index contributed by atoms with van der Waals surface area (Å²) in [5.74, 6) is 0.283. The highest BCUT2D eigenvalue weighted by Crippen LogP contribution is 2.28. The fraction of sp³-hybridized carbons (Fsp3) is 0.0435. The van der Waals surface area contributed by atoms with Gasteiger partial charge in [-0.25, -0.2) is 9.69 Å². The Morgan fingerprint density at radius 3 is 2.48 bits per heavy atom. The SMILES string of the molecule is O=C1N/C(=C/c2ccc(OCc3ccc(Cl)cc3Cl)c(I)c2)C(=O)N1c1ccccc1. The molecule has 31 heavy (non-hydrogen) atoms. The highest BCUT2D eigenvalue weighted by atomic mass is 127. The van der Waals surface area contributed by atoms with Crippen molar-refractivity contribution in [3.05, 3.63) is 97.2 Å². The molecular weight excluding hydrogens is 550 g/mol. The number of carbonyl (C=O) groups excluding carboxylic acids is 2. The van der Waals surface area contributed by atoms with E-state index in [9.17, 15) is 9.59 Å². The van der Waals surface area contributed by atoms with Gasteiger partial charge >= 0.3 is 6.03 Å². The minimum Gasteiger partial charge on any atom is -0.488 e. The van der Waals surface area contributed by atoms with Crippen LogP contribution in [-0.4, -0.2) is 11.9 Å². The van der Waals surface area contributed by atoms with Gasteiger partial charge in [0.15, 0.2) is 0 Å². The van der Waals surface area contributed by atoms with Gasteiger partial charge in [-0.3, -0.25) is 4.79 Å². The van der Waals surface area contributed by atoms with Crippen LogP contribution in [0, 0.1) is 3.57 Å². The molecule has 1 saturated heterocycles. The quantitative estimate of drug-likeness (QED) is 0.225. The van der Waals surface area contributed by atoms with E-state index in [-0.39, 0.29) is 5.70 Å². The second-order valence-corrected chi connectivity index (χ2v) is 8.68. The largest absolute Gasteiger partial charge is 0.488 e. The van der Waals surface area contributed by atoms with E-state index in [2.05, 4.69) is 27.9 Å². The minimum atomic E-state index is -0.475. The molecule has 1 aliphatic rings. The number of rotatable bonds is 5. The normalized spacial score (nSPS) is 14.8. The molecule has 3 amide bonds. The molecule has 1 fully saturated rings. The first-order valence-electron chi connectivity index (χ1n) is 9.21. The molecular formula is C23H15Cl2IN2O3. The van der Waals surface area contributed by atoms with Crippen LogP contribution >= 0.6 is 45.8 Å². The van der Waals surface area contributed by atoms with E-state index in [4.69, 9.17) is 27.9 Å².